The van der Waals surface area contributed by atoms with E-state index in [1.165, 1.54) is 12.1 Å². The molecule has 1 fully saturated rings. The summed E-state index contributed by atoms with van der Waals surface area (Å²) in [6.07, 6.45) is 1.05. The van der Waals surface area contributed by atoms with E-state index in [1.807, 2.05) is 13.8 Å². The third-order valence-electron chi connectivity index (χ3n) is 3.50. The maximum Gasteiger partial charge on any atom is 0.255 e. The minimum Gasteiger partial charge on any atom is -0.335 e. The molecule has 5 nitrogen and oxygen atoms in total. The zero-order chi connectivity index (χ0) is 16.7. The van der Waals surface area contributed by atoms with Crippen LogP contribution in [0.4, 0.5) is 0 Å². The molecule has 1 N–H and O–H groups in total. The van der Waals surface area contributed by atoms with Crippen molar-refractivity contribution >= 4 is 38.9 Å². The van der Waals surface area contributed by atoms with Crippen molar-refractivity contribution in [2.24, 2.45) is 0 Å². The molecule has 1 saturated heterocycles. The number of rotatable bonds is 2. The van der Waals surface area contributed by atoms with Crippen LogP contribution in [0.3, 0.4) is 0 Å². The van der Waals surface area contributed by atoms with Gasteiger partial charge >= 0.3 is 0 Å². The second kappa shape index (κ2) is 6.35. The summed E-state index contributed by atoms with van der Waals surface area (Å²) in [6, 6.07) is 2.89. The Morgan fingerprint density at radius 2 is 1.73 bits per heavy atom. The van der Waals surface area contributed by atoms with Crippen molar-refractivity contribution in [3.63, 3.8) is 0 Å². The summed E-state index contributed by atoms with van der Waals surface area (Å²) in [7, 11) is -3.53. The summed E-state index contributed by atoms with van der Waals surface area (Å²) in [4.78, 5) is 14.3. The van der Waals surface area contributed by atoms with Crippen LogP contribution in [0, 0.1) is 0 Å². The predicted octanol–water partition coefficient (Wildman–Crippen LogP) is 2.22. The predicted molar refractivity (Wildman–Crippen MR) is 87.5 cm³/mol. The first-order valence-corrected chi connectivity index (χ1v) is 9.48. The lowest BCUT2D eigenvalue weighted by molar-refractivity contribution is 0.0673. The number of sulfone groups is 1. The van der Waals surface area contributed by atoms with Gasteiger partial charge in [0.15, 0.2) is 9.84 Å². The van der Waals surface area contributed by atoms with Gasteiger partial charge in [0, 0.05) is 31.4 Å². The zero-order valence-electron chi connectivity index (χ0n) is 12.6. The molecule has 122 valence electrons. The van der Waals surface area contributed by atoms with E-state index in [9.17, 15) is 13.2 Å². The number of hydrogen-bond acceptors (Lipinski definition) is 4. The molecule has 1 aromatic carbocycles. The lowest BCUT2D eigenvalue weighted by Crippen LogP contribution is -2.55. The molecule has 0 aliphatic carbocycles. The fourth-order valence-electron chi connectivity index (χ4n) is 2.64. The molecule has 0 radical (unpaired) electrons. The normalized spacial score (nSPS) is 22.7. The van der Waals surface area contributed by atoms with Gasteiger partial charge in [-0.15, -0.1) is 0 Å². The molecular weight excluding hydrogens is 347 g/mol. The number of amides is 1. The number of carbonyl (C=O) groups is 1. The number of halogens is 2. The van der Waals surface area contributed by atoms with Gasteiger partial charge in [0.1, 0.15) is 0 Å². The van der Waals surface area contributed by atoms with Gasteiger partial charge in [0.05, 0.1) is 20.5 Å². The molecule has 1 aliphatic heterocycles. The zero-order valence-corrected chi connectivity index (χ0v) is 14.9. The topological polar surface area (TPSA) is 66.5 Å². The number of nitrogens with zero attached hydrogens (tertiary/aromatic N) is 1. The summed E-state index contributed by atoms with van der Waals surface area (Å²) in [5.41, 5.74) is 0.160. The molecule has 1 amide bonds. The van der Waals surface area contributed by atoms with Crippen molar-refractivity contribution < 1.29 is 13.2 Å². The van der Waals surface area contributed by atoms with Gasteiger partial charge in [0.2, 0.25) is 0 Å². The van der Waals surface area contributed by atoms with Crippen LogP contribution in [0.15, 0.2) is 17.0 Å². The molecule has 2 rings (SSSR count). The van der Waals surface area contributed by atoms with Crippen LogP contribution in [0.5, 0.6) is 0 Å². The first-order chi connectivity index (χ1) is 10.1. The highest BCUT2D eigenvalue weighted by Crippen LogP contribution is 2.29. The summed E-state index contributed by atoms with van der Waals surface area (Å²) < 4.78 is 23.5. The quantitative estimate of drug-likeness (QED) is 0.873. The van der Waals surface area contributed by atoms with Crippen molar-refractivity contribution in [3.8, 4) is 0 Å². The third-order valence-corrected chi connectivity index (χ3v) is 5.37. The van der Waals surface area contributed by atoms with E-state index in [2.05, 4.69) is 5.32 Å². The molecule has 8 heteroatoms. The van der Waals surface area contributed by atoms with Crippen LogP contribution in [0.2, 0.25) is 10.0 Å². The fraction of sp³-hybridized carbons (Fsp3) is 0.500. The second-order valence-electron chi connectivity index (χ2n) is 5.71. The molecule has 1 aliphatic rings. The van der Waals surface area contributed by atoms with Crippen LogP contribution in [-0.2, 0) is 9.84 Å². The van der Waals surface area contributed by atoms with Crippen molar-refractivity contribution in [2.75, 3.05) is 19.3 Å². The molecule has 2 atom stereocenters. The van der Waals surface area contributed by atoms with Crippen LogP contribution in [-0.4, -0.2) is 50.7 Å². The molecule has 0 aromatic heterocycles. The van der Waals surface area contributed by atoms with Gasteiger partial charge in [-0.1, -0.05) is 23.2 Å². The van der Waals surface area contributed by atoms with E-state index >= 15 is 0 Å². The van der Waals surface area contributed by atoms with Crippen LogP contribution in [0.25, 0.3) is 0 Å². The maximum atomic E-state index is 12.7. The Morgan fingerprint density at radius 3 is 2.23 bits per heavy atom. The summed E-state index contributed by atoms with van der Waals surface area (Å²) >= 11 is 12.0. The third kappa shape index (κ3) is 3.74. The summed E-state index contributed by atoms with van der Waals surface area (Å²) in [5.74, 6) is -0.285. The van der Waals surface area contributed by atoms with E-state index < -0.39 is 9.84 Å². The Balaban J connectivity index is 2.41. The largest absolute Gasteiger partial charge is 0.335 e. The van der Waals surface area contributed by atoms with Crippen molar-refractivity contribution in [1.29, 1.82) is 0 Å². The van der Waals surface area contributed by atoms with Gasteiger partial charge in [-0.2, -0.15) is 0 Å². The Bertz CT molecular complexity index is 696. The Kier molecular flexibility index (Phi) is 5.06. The minimum absolute atomic E-state index is 0.0195. The monoisotopic (exact) mass is 364 g/mol. The van der Waals surface area contributed by atoms with Crippen LogP contribution >= 0.6 is 23.2 Å². The molecule has 0 bridgehead atoms. The minimum atomic E-state index is -3.53. The van der Waals surface area contributed by atoms with E-state index in [-0.39, 0.29) is 38.5 Å². The van der Waals surface area contributed by atoms with E-state index in [0.717, 1.165) is 6.26 Å². The van der Waals surface area contributed by atoms with Crippen molar-refractivity contribution in [1.82, 2.24) is 10.2 Å². The SMILES string of the molecule is CC1CN(C(=O)c2cc(S(C)(=O)=O)c(Cl)cc2Cl)CC(C)N1. The number of hydrogen-bond donors (Lipinski definition) is 1. The van der Waals surface area contributed by atoms with Crippen molar-refractivity contribution in [3.05, 3.63) is 27.7 Å². The molecule has 0 spiro atoms. The Morgan fingerprint density at radius 1 is 1.18 bits per heavy atom. The lowest BCUT2D eigenvalue weighted by atomic mass is 10.1. The molecule has 2 unspecified atom stereocenters. The molecule has 22 heavy (non-hydrogen) atoms. The van der Waals surface area contributed by atoms with Crippen LogP contribution < -0.4 is 5.32 Å². The maximum absolute atomic E-state index is 12.7. The molecule has 1 aromatic rings. The Labute approximate surface area is 140 Å². The molecule has 0 saturated carbocycles. The van der Waals surface area contributed by atoms with E-state index in [1.54, 1.807) is 4.90 Å². The first kappa shape index (κ1) is 17.5. The summed E-state index contributed by atoms with van der Waals surface area (Å²) in [6.45, 7) is 5.05. The highest BCUT2D eigenvalue weighted by atomic mass is 35.5. The van der Waals surface area contributed by atoms with Gasteiger partial charge in [0.25, 0.3) is 5.91 Å². The molecule has 1 heterocycles. The smallest absolute Gasteiger partial charge is 0.255 e. The van der Waals surface area contributed by atoms with Crippen molar-refractivity contribution in [2.45, 2.75) is 30.8 Å². The summed E-state index contributed by atoms with van der Waals surface area (Å²) in [5, 5.41) is 3.50. The fourth-order valence-corrected chi connectivity index (χ4v) is 4.27. The standard InChI is InChI=1S/C14H18Cl2N2O3S/c1-8-6-18(7-9(2)17-8)14(19)10-4-13(22(3,20)21)12(16)5-11(10)15/h4-5,8-9,17H,6-7H2,1-3H3. The highest BCUT2D eigenvalue weighted by Gasteiger charge is 2.28. The van der Waals surface area contributed by atoms with Gasteiger partial charge in [-0.05, 0) is 26.0 Å². The number of benzene rings is 1. The highest BCUT2D eigenvalue weighted by molar-refractivity contribution is 7.90. The number of carbonyl (C=O) groups excluding carboxylic acids is 1. The number of piperazine rings is 1. The van der Waals surface area contributed by atoms with Crippen LogP contribution in [0.1, 0.15) is 24.2 Å². The number of nitrogens with one attached hydrogen (secondary N) is 1. The molecular formula is C14H18Cl2N2O3S. The van der Waals surface area contributed by atoms with Gasteiger partial charge < -0.3 is 10.2 Å². The van der Waals surface area contributed by atoms with E-state index in [0.29, 0.717) is 13.1 Å². The lowest BCUT2D eigenvalue weighted by Gasteiger charge is -2.36. The average molecular weight is 365 g/mol. The van der Waals surface area contributed by atoms with Gasteiger partial charge in [-0.25, -0.2) is 8.42 Å². The second-order valence-corrected chi connectivity index (χ2v) is 8.51. The van der Waals surface area contributed by atoms with E-state index in [4.69, 9.17) is 23.2 Å². The Hall–Kier alpha value is -0.820. The average Bonchev–Trinajstić information content (AvgIpc) is 2.35. The van der Waals surface area contributed by atoms with Gasteiger partial charge in [-0.3, -0.25) is 4.79 Å². The first-order valence-electron chi connectivity index (χ1n) is 6.84.